The third kappa shape index (κ3) is 4.81. The maximum Gasteiger partial charge on any atom is 0.320 e. The number of carbonyl (C=O) groups excluding carboxylic acids is 1. The van der Waals surface area contributed by atoms with Gasteiger partial charge in [0, 0.05) is 0 Å². The fourth-order valence-corrected chi connectivity index (χ4v) is 1.01. The molecule has 0 spiro atoms. The van der Waals surface area contributed by atoms with Crippen LogP contribution in [-0.4, -0.2) is 36.2 Å². The summed E-state index contributed by atoms with van der Waals surface area (Å²) in [6.45, 7) is 5.49. The van der Waals surface area contributed by atoms with Gasteiger partial charge in [0.2, 0.25) is 0 Å². The van der Waals surface area contributed by atoms with Gasteiger partial charge in [-0.15, -0.1) is 0 Å². The number of hydrogen-bond donors (Lipinski definition) is 2. The van der Waals surface area contributed by atoms with E-state index in [1.165, 1.54) is 0 Å². The summed E-state index contributed by atoms with van der Waals surface area (Å²) in [4.78, 5) is 21.6. The third-order valence-electron chi connectivity index (χ3n) is 1.70. The number of carbonyl (C=O) groups is 2. The van der Waals surface area contributed by atoms with Crippen LogP contribution in [0.5, 0.6) is 0 Å². The number of aliphatic carboxylic acids is 1. The van der Waals surface area contributed by atoms with Gasteiger partial charge in [0.05, 0.1) is 13.2 Å². The lowest BCUT2D eigenvalue weighted by atomic mass is 10.1. The summed E-state index contributed by atoms with van der Waals surface area (Å²) in [5.74, 6) is -1.45. The van der Waals surface area contributed by atoms with Crippen LogP contribution >= 0.6 is 0 Å². The summed E-state index contributed by atoms with van der Waals surface area (Å²) >= 11 is 0. The van der Waals surface area contributed by atoms with Crippen LogP contribution in [0.15, 0.2) is 0 Å². The highest BCUT2D eigenvalue weighted by molar-refractivity contribution is 5.76. The van der Waals surface area contributed by atoms with E-state index in [4.69, 9.17) is 5.11 Å². The molecule has 14 heavy (non-hydrogen) atoms. The minimum absolute atomic E-state index is 0.0665. The Morgan fingerprint density at radius 2 is 2.00 bits per heavy atom. The molecule has 0 aromatic rings. The average molecular weight is 203 g/mol. The van der Waals surface area contributed by atoms with E-state index in [9.17, 15) is 9.59 Å². The van der Waals surface area contributed by atoms with Crippen LogP contribution < -0.4 is 5.32 Å². The molecule has 0 aromatic carbocycles. The molecule has 0 heterocycles. The normalized spacial score (nSPS) is 12.6. The first kappa shape index (κ1) is 12.9. The lowest BCUT2D eigenvalue weighted by Crippen LogP contribution is -2.43. The molecule has 82 valence electrons. The third-order valence-corrected chi connectivity index (χ3v) is 1.70. The Morgan fingerprint density at radius 1 is 1.43 bits per heavy atom. The van der Waals surface area contributed by atoms with Crippen molar-refractivity contribution in [1.82, 2.24) is 5.32 Å². The lowest BCUT2D eigenvalue weighted by Gasteiger charge is -2.16. The van der Waals surface area contributed by atoms with E-state index in [2.05, 4.69) is 10.1 Å². The SMILES string of the molecule is CCOC(=O)CN[C@H](C(=O)O)C(C)C. The summed E-state index contributed by atoms with van der Waals surface area (Å²) in [6.07, 6.45) is 0. The molecule has 0 amide bonds. The molecule has 0 radical (unpaired) electrons. The Balaban J connectivity index is 3.94. The van der Waals surface area contributed by atoms with Gasteiger partial charge >= 0.3 is 11.9 Å². The van der Waals surface area contributed by atoms with Gasteiger partial charge < -0.3 is 9.84 Å². The Labute approximate surface area is 83.4 Å². The summed E-state index contributed by atoms with van der Waals surface area (Å²) < 4.78 is 4.66. The average Bonchev–Trinajstić information content (AvgIpc) is 2.03. The van der Waals surface area contributed by atoms with Crippen molar-refractivity contribution in [2.45, 2.75) is 26.8 Å². The first-order chi connectivity index (χ1) is 6.49. The topological polar surface area (TPSA) is 75.6 Å². The van der Waals surface area contributed by atoms with E-state index in [-0.39, 0.29) is 12.5 Å². The van der Waals surface area contributed by atoms with Crippen molar-refractivity contribution in [1.29, 1.82) is 0 Å². The van der Waals surface area contributed by atoms with Gasteiger partial charge in [-0.1, -0.05) is 13.8 Å². The van der Waals surface area contributed by atoms with E-state index in [1.807, 2.05) is 0 Å². The van der Waals surface area contributed by atoms with Crippen LogP contribution in [0.3, 0.4) is 0 Å². The Bertz CT molecular complexity index is 203. The molecule has 0 fully saturated rings. The summed E-state index contributed by atoms with van der Waals surface area (Å²) in [7, 11) is 0. The van der Waals surface area contributed by atoms with Crippen LogP contribution in [0.1, 0.15) is 20.8 Å². The number of carboxylic acids is 1. The van der Waals surface area contributed by atoms with E-state index in [0.717, 1.165) is 0 Å². The molecule has 5 heteroatoms. The van der Waals surface area contributed by atoms with Crippen molar-refractivity contribution in [2.75, 3.05) is 13.2 Å². The molecule has 1 atom stereocenters. The monoisotopic (exact) mass is 203 g/mol. The molecule has 0 saturated carbocycles. The summed E-state index contributed by atoms with van der Waals surface area (Å²) in [5, 5.41) is 11.4. The van der Waals surface area contributed by atoms with Crippen LogP contribution in [0, 0.1) is 5.92 Å². The fraction of sp³-hybridized carbons (Fsp3) is 0.778. The molecular weight excluding hydrogens is 186 g/mol. The zero-order valence-corrected chi connectivity index (χ0v) is 8.74. The number of carboxylic acid groups (broad SMARTS) is 1. The molecule has 0 aliphatic heterocycles. The van der Waals surface area contributed by atoms with E-state index >= 15 is 0 Å². The summed E-state index contributed by atoms with van der Waals surface area (Å²) in [6, 6.07) is -0.709. The molecule has 5 nitrogen and oxygen atoms in total. The van der Waals surface area contributed by atoms with Crippen molar-refractivity contribution in [2.24, 2.45) is 5.92 Å². The Hall–Kier alpha value is -1.10. The molecule has 0 aliphatic rings. The molecule has 0 aliphatic carbocycles. The Kier molecular flexibility index (Phi) is 5.87. The molecule has 0 bridgehead atoms. The molecule has 0 saturated heterocycles. The predicted molar refractivity (Wildman–Crippen MR) is 50.9 cm³/mol. The molecule has 0 aromatic heterocycles. The van der Waals surface area contributed by atoms with Crippen LogP contribution in [0.25, 0.3) is 0 Å². The van der Waals surface area contributed by atoms with Gasteiger partial charge in [0.1, 0.15) is 6.04 Å². The lowest BCUT2D eigenvalue weighted by molar-refractivity contribution is -0.143. The standard InChI is InChI=1S/C9H17NO4/c1-4-14-7(11)5-10-8(6(2)3)9(12)13/h6,8,10H,4-5H2,1-3H3,(H,12,13)/t8-/m0/s1. The van der Waals surface area contributed by atoms with Crippen molar-refractivity contribution >= 4 is 11.9 Å². The molecular formula is C9H17NO4. The number of hydrogen-bond acceptors (Lipinski definition) is 4. The quantitative estimate of drug-likeness (QED) is 0.605. The van der Waals surface area contributed by atoms with Crippen LogP contribution in [-0.2, 0) is 14.3 Å². The second-order valence-corrected chi connectivity index (χ2v) is 3.25. The molecule has 0 unspecified atom stereocenters. The first-order valence-corrected chi connectivity index (χ1v) is 4.60. The smallest absolute Gasteiger partial charge is 0.320 e. The minimum Gasteiger partial charge on any atom is -0.480 e. The second kappa shape index (κ2) is 6.37. The highest BCUT2D eigenvalue weighted by Crippen LogP contribution is 2.00. The molecule has 2 N–H and O–H groups in total. The van der Waals surface area contributed by atoms with Crippen molar-refractivity contribution < 1.29 is 19.4 Å². The summed E-state index contributed by atoms with van der Waals surface area (Å²) in [5.41, 5.74) is 0. The van der Waals surface area contributed by atoms with Gasteiger partial charge in [-0.05, 0) is 12.8 Å². The van der Waals surface area contributed by atoms with E-state index < -0.39 is 18.0 Å². The zero-order valence-electron chi connectivity index (χ0n) is 8.74. The largest absolute Gasteiger partial charge is 0.480 e. The fourth-order valence-electron chi connectivity index (χ4n) is 1.01. The number of esters is 1. The number of nitrogens with one attached hydrogen (secondary N) is 1. The maximum absolute atomic E-state index is 10.9. The van der Waals surface area contributed by atoms with Crippen LogP contribution in [0.4, 0.5) is 0 Å². The minimum atomic E-state index is -0.954. The zero-order chi connectivity index (χ0) is 11.1. The highest BCUT2D eigenvalue weighted by Gasteiger charge is 2.21. The number of rotatable bonds is 6. The van der Waals surface area contributed by atoms with Gasteiger partial charge in [0.25, 0.3) is 0 Å². The van der Waals surface area contributed by atoms with Crippen molar-refractivity contribution in [3.63, 3.8) is 0 Å². The van der Waals surface area contributed by atoms with Gasteiger partial charge in [-0.3, -0.25) is 14.9 Å². The Morgan fingerprint density at radius 3 is 2.36 bits per heavy atom. The highest BCUT2D eigenvalue weighted by atomic mass is 16.5. The number of ether oxygens (including phenoxy) is 1. The van der Waals surface area contributed by atoms with Crippen molar-refractivity contribution in [3.8, 4) is 0 Å². The van der Waals surface area contributed by atoms with Crippen LogP contribution in [0.2, 0.25) is 0 Å². The van der Waals surface area contributed by atoms with E-state index in [1.54, 1.807) is 20.8 Å². The maximum atomic E-state index is 10.9. The van der Waals surface area contributed by atoms with Gasteiger partial charge in [-0.25, -0.2) is 0 Å². The van der Waals surface area contributed by atoms with Gasteiger partial charge in [0.15, 0.2) is 0 Å². The van der Waals surface area contributed by atoms with Crippen molar-refractivity contribution in [3.05, 3.63) is 0 Å². The molecule has 0 rings (SSSR count). The van der Waals surface area contributed by atoms with Gasteiger partial charge in [-0.2, -0.15) is 0 Å². The predicted octanol–water partition coefficient (Wildman–Crippen LogP) is 0.248. The first-order valence-electron chi connectivity index (χ1n) is 4.60. The van der Waals surface area contributed by atoms with E-state index in [0.29, 0.717) is 6.61 Å². The second-order valence-electron chi connectivity index (χ2n) is 3.25.